The van der Waals surface area contributed by atoms with E-state index < -0.39 is 11.7 Å². The molecule has 0 radical (unpaired) electrons. The molecule has 1 heterocycles. The van der Waals surface area contributed by atoms with Crippen LogP contribution in [0.2, 0.25) is 0 Å². The number of carbonyl (C=O) groups is 2. The first-order chi connectivity index (χ1) is 14.8. The number of amides is 1. The highest BCUT2D eigenvalue weighted by molar-refractivity contribution is 5.96. The van der Waals surface area contributed by atoms with Crippen LogP contribution in [0.4, 0.5) is 16.2 Å². The molecule has 0 fully saturated rings. The van der Waals surface area contributed by atoms with Crippen molar-refractivity contribution in [1.29, 1.82) is 0 Å². The molecule has 0 saturated carbocycles. The minimum Gasteiger partial charge on any atom is -0.494 e. The summed E-state index contributed by atoms with van der Waals surface area (Å²) in [6, 6.07) is 10.8. The Bertz CT molecular complexity index is 816. The first-order valence-corrected chi connectivity index (χ1v) is 10.6. The van der Waals surface area contributed by atoms with Crippen molar-refractivity contribution in [2.24, 2.45) is 0 Å². The van der Waals surface area contributed by atoms with E-state index in [9.17, 15) is 9.59 Å². The third-order valence-electron chi connectivity index (χ3n) is 4.19. The molecule has 0 aliphatic carbocycles. The lowest BCUT2D eigenvalue weighted by Gasteiger charge is -2.27. The summed E-state index contributed by atoms with van der Waals surface area (Å²) < 4.78 is 16.3. The summed E-state index contributed by atoms with van der Waals surface area (Å²) in [5.74, 6) is 0.566. The Hall–Kier alpha value is -3.09. The van der Waals surface area contributed by atoms with E-state index in [2.05, 4.69) is 4.98 Å². The van der Waals surface area contributed by atoms with Crippen LogP contribution >= 0.6 is 0 Å². The minimum atomic E-state index is -0.612. The van der Waals surface area contributed by atoms with E-state index in [0.29, 0.717) is 36.8 Å². The summed E-state index contributed by atoms with van der Waals surface area (Å²) in [7, 11) is 0. The van der Waals surface area contributed by atoms with Gasteiger partial charge in [-0.1, -0.05) is 0 Å². The van der Waals surface area contributed by atoms with E-state index in [1.165, 1.54) is 4.90 Å². The van der Waals surface area contributed by atoms with E-state index in [1.54, 1.807) is 31.5 Å². The van der Waals surface area contributed by atoms with E-state index in [1.807, 2.05) is 45.0 Å². The molecule has 0 aliphatic heterocycles. The Balaban J connectivity index is 1.94. The number of unbranched alkanes of at least 4 members (excludes halogenated alkanes) is 2. The van der Waals surface area contributed by atoms with Crippen molar-refractivity contribution in [3.05, 3.63) is 48.8 Å². The zero-order valence-electron chi connectivity index (χ0n) is 18.8. The summed E-state index contributed by atoms with van der Waals surface area (Å²) in [5, 5.41) is 0. The Labute approximate surface area is 184 Å². The fraction of sp³-hybridized carbons (Fsp3) is 0.458. The van der Waals surface area contributed by atoms with Crippen molar-refractivity contribution in [2.75, 3.05) is 18.1 Å². The van der Waals surface area contributed by atoms with Crippen molar-refractivity contribution in [3.63, 3.8) is 0 Å². The van der Waals surface area contributed by atoms with Crippen LogP contribution < -0.4 is 9.64 Å². The van der Waals surface area contributed by atoms with Crippen LogP contribution in [0, 0.1) is 0 Å². The van der Waals surface area contributed by atoms with Gasteiger partial charge < -0.3 is 14.2 Å². The molecule has 0 atom stereocenters. The summed E-state index contributed by atoms with van der Waals surface area (Å²) in [4.78, 5) is 29.7. The Morgan fingerprint density at radius 2 is 1.58 bits per heavy atom. The number of pyridine rings is 1. The van der Waals surface area contributed by atoms with Gasteiger partial charge in [0.05, 0.1) is 24.6 Å². The van der Waals surface area contributed by atoms with Gasteiger partial charge >= 0.3 is 12.1 Å². The second-order valence-corrected chi connectivity index (χ2v) is 7.98. The summed E-state index contributed by atoms with van der Waals surface area (Å²) >= 11 is 0. The molecule has 2 rings (SSSR count). The van der Waals surface area contributed by atoms with Crippen LogP contribution in [0.25, 0.3) is 0 Å². The average Bonchev–Trinajstić information content (AvgIpc) is 2.71. The van der Waals surface area contributed by atoms with Gasteiger partial charge in [-0.15, -0.1) is 0 Å². The SMILES string of the molecule is CCOC(=O)CCCCCOc1ccc(N(C(=O)OC(C)(C)C)c2ccncc2)cc1. The molecule has 0 aliphatic rings. The van der Waals surface area contributed by atoms with Gasteiger partial charge in [-0.2, -0.15) is 0 Å². The first kappa shape index (κ1) is 24.2. The molecular formula is C24H32N2O5. The number of hydrogen-bond donors (Lipinski definition) is 0. The van der Waals surface area contributed by atoms with Crippen molar-refractivity contribution in [3.8, 4) is 5.75 Å². The minimum absolute atomic E-state index is 0.150. The monoisotopic (exact) mass is 428 g/mol. The molecular weight excluding hydrogens is 396 g/mol. The number of nitrogens with zero attached hydrogens (tertiary/aromatic N) is 2. The van der Waals surface area contributed by atoms with Gasteiger partial charge in [0.15, 0.2) is 0 Å². The number of rotatable bonds is 10. The zero-order valence-corrected chi connectivity index (χ0v) is 18.8. The van der Waals surface area contributed by atoms with Crippen LogP contribution in [0.3, 0.4) is 0 Å². The predicted octanol–water partition coefficient (Wildman–Crippen LogP) is 5.66. The molecule has 0 bridgehead atoms. The lowest BCUT2D eigenvalue weighted by atomic mass is 10.2. The summed E-state index contributed by atoms with van der Waals surface area (Å²) in [6.45, 7) is 8.28. The molecule has 31 heavy (non-hydrogen) atoms. The first-order valence-electron chi connectivity index (χ1n) is 10.6. The maximum atomic E-state index is 12.8. The third kappa shape index (κ3) is 8.66. The zero-order chi connectivity index (χ0) is 22.7. The largest absolute Gasteiger partial charge is 0.494 e. The van der Waals surface area contributed by atoms with Gasteiger partial charge in [-0.3, -0.25) is 9.78 Å². The summed E-state index contributed by atoms with van der Waals surface area (Å²) in [6.07, 6.45) is 5.77. The van der Waals surface area contributed by atoms with Crippen LogP contribution in [0.15, 0.2) is 48.8 Å². The molecule has 2 aromatic rings. The van der Waals surface area contributed by atoms with Crippen molar-refractivity contribution in [1.82, 2.24) is 4.98 Å². The second kappa shape index (κ2) is 11.9. The standard InChI is InChI=1S/C24H32N2O5/c1-5-29-22(27)9-7-6-8-18-30-21-12-10-19(11-13-21)26(20-14-16-25-17-15-20)23(28)31-24(2,3)4/h10-17H,5-9,18H2,1-4H3. The highest BCUT2D eigenvalue weighted by atomic mass is 16.6. The smallest absolute Gasteiger partial charge is 0.419 e. The number of hydrogen-bond acceptors (Lipinski definition) is 6. The van der Waals surface area contributed by atoms with Crippen molar-refractivity contribution in [2.45, 2.75) is 59.0 Å². The predicted molar refractivity (Wildman–Crippen MR) is 120 cm³/mol. The molecule has 0 spiro atoms. The molecule has 1 aromatic carbocycles. The number of anilines is 2. The van der Waals surface area contributed by atoms with Gasteiger partial charge in [-0.05, 0) is 83.4 Å². The van der Waals surface area contributed by atoms with Gasteiger partial charge in [0.25, 0.3) is 0 Å². The molecule has 0 unspecified atom stereocenters. The quantitative estimate of drug-likeness (QED) is 0.359. The Morgan fingerprint density at radius 1 is 0.935 bits per heavy atom. The lowest BCUT2D eigenvalue weighted by Crippen LogP contribution is -2.33. The lowest BCUT2D eigenvalue weighted by molar-refractivity contribution is -0.143. The van der Waals surface area contributed by atoms with Crippen LogP contribution in [0.5, 0.6) is 5.75 Å². The highest BCUT2D eigenvalue weighted by Gasteiger charge is 2.25. The number of carbonyl (C=O) groups excluding carboxylic acids is 2. The van der Waals surface area contributed by atoms with E-state index in [0.717, 1.165) is 19.3 Å². The maximum absolute atomic E-state index is 12.8. The van der Waals surface area contributed by atoms with Gasteiger partial charge in [-0.25, -0.2) is 9.69 Å². The van der Waals surface area contributed by atoms with Gasteiger partial charge in [0.1, 0.15) is 11.4 Å². The second-order valence-electron chi connectivity index (χ2n) is 7.98. The highest BCUT2D eigenvalue weighted by Crippen LogP contribution is 2.29. The normalized spacial score (nSPS) is 11.0. The number of aromatic nitrogens is 1. The number of esters is 1. The van der Waals surface area contributed by atoms with E-state index in [4.69, 9.17) is 14.2 Å². The Kier molecular flexibility index (Phi) is 9.31. The molecule has 7 heteroatoms. The van der Waals surface area contributed by atoms with Crippen molar-refractivity contribution >= 4 is 23.4 Å². The fourth-order valence-corrected chi connectivity index (χ4v) is 2.82. The molecule has 0 saturated heterocycles. The molecule has 1 aromatic heterocycles. The Morgan fingerprint density at radius 3 is 2.19 bits per heavy atom. The van der Waals surface area contributed by atoms with Crippen molar-refractivity contribution < 1.29 is 23.8 Å². The van der Waals surface area contributed by atoms with Gasteiger partial charge in [0.2, 0.25) is 0 Å². The third-order valence-corrected chi connectivity index (χ3v) is 4.19. The molecule has 7 nitrogen and oxygen atoms in total. The maximum Gasteiger partial charge on any atom is 0.419 e. The number of ether oxygens (including phenoxy) is 3. The number of benzene rings is 1. The fourth-order valence-electron chi connectivity index (χ4n) is 2.82. The van der Waals surface area contributed by atoms with Crippen LogP contribution in [-0.2, 0) is 14.3 Å². The summed E-state index contributed by atoms with van der Waals surface area (Å²) in [5.41, 5.74) is 0.723. The van der Waals surface area contributed by atoms with Crippen LogP contribution in [-0.4, -0.2) is 35.9 Å². The van der Waals surface area contributed by atoms with Gasteiger partial charge in [0, 0.05) is 18.8 Å². The average molecular weight is 429 g/mol. The van der Waals surface area contributed by atoms with E-state index >= 15 is 0 Å². The topological polar surface area (TPSA) is 78.0 Å². The van der Waals surface area contributed by atoms with Crippen LogP contribution in [0.1, 0.15) is 53.4 Å². The molecule has 0 N–H and O–H groups in total. The molecule has 1 amide bonds. The molecule has 168 valence electrons. The van der Waals surface area contributed by atoms with E-state index in [-0.39, 0.29) is 5.97 Å².